The average Bonchev–Trinajstić information content (AvgIpc) is 2.79. The van der Waals surface area contributed by atoms with Gasteiger partial charge in [0.15, 0.2) is 0 Å². The average molecular weight is 252 g/mol. The van der Waals surface area contributed by atoms with Crippen molar-refractivity contribution in [2.24, 2.45) is 0 Å². The van der Waals surface area contributed by atoms with Crippen molar-refractivity contribution in [2.75, 3.05) is 13.6 Å². The van der Waals surface area contributed by atoms with E-state index in [-0.39, 0.29) is 0 Å². The molecule has 0 aliphatic carbocycles. The van der Waals surface area contributed by atoms with Gasteiger partial charge in [-0.1, -0.05) is 17.7 Å². The third-order valence-corrected chi connectivity index (χ3v) is 2.88. The molecule has 1 aromatic heterocycles. The lowest BCUT2D eigenvalue weighted by atomic mass is 10.1. The van der Waals surface area contributed by atoms with Crippen LogP contribution in [0.25, 0.3) is 11.5 Å². The molecule has 4 nitrogen and oxygen atoms in total. The predicted octanol–water partition coefficient (Wildman–Crippen LogP) is 2.46. The van der Waals surface area contributed by atoms with E-state index in [4.69, 9.17) is 16.0 Å². The van der Waals surface area contributed by atoms with Crippen molar-refractivity contribution in [1.29, 1.82) is 0 Å². The first kappa shape index (κ1) is 12.1. The molecule has 17 heavy (non-hydrogen) atoms. The van der Waals surface area contributed by atoms with E-state index in [2.05, 4.69) is 15.5 Å². The molecule has 0 saturated heterocycles. The lowest BCUT2D eigenvalue weighted by Crippen LogP contribution is -2.10. The lowest BCUT2D eigenvalue weighted by Gasteiger charge is -1.99. The molecule has 0 bridgehead atoms. The summed E-state index contributed by atoms with van der Waals surface area (Å²) in [6.45, 7) is 2.77. The molecular formula is C12H14ClN3O. The second-order valence-electron chi connectivity index (χ2n) is 3.82. The molecule has 0 aliphatic heterocycles. The maximum Gasteiger partial charge on any atom is 0.247 e. The van der Waals surface area contributed by atoms with E-state index in [9.17, 15) is 0 Å². The Morgan fingerprint density at radius 3 is 2.88 bits per heavy atom. The number of aromatic nitrogens is 2. The molecule has 2 rings (SSSR count). The first-order valence-electron chi connectivity index (χ1n) is 5.44. The molecule has 90 valence electrons. The monoisotopic (exact) mass is 251 g/mol. The van der Waals surface area contributed by atoms with Crippen LogP contribution in [0.15, 0.2) is 22.6 Å². The van der Waals surface area contributed by atoms with Gasteiger partial charge >= 0.3 is 0 Å². The molecule has 0 fully saturated rings. The van der Waals surface area contributed by atoms with Crippen LogP contribution in [0.5, 0.6) is 0 Å². The summed E-state index contributed by atoms with van der Waals surface area (Å²) < 4.78 is 5.55. The zero-order valence-corrected chi connectivity index (χ0v) is 10.6. The normalized spacial score (nSPS) is 10.8. The summed E-state index contributed by atoms with van der Waals surface area (Å²) >= 11 is 6.05. The minimum Gasteiger partial charge on any atom is -0.421 e. The Balaban J connectivity index is 2.21. The second kappa shape index (κ2) is 5.29. The number of hydrogen-bond donors (Lipinski definition) is 1. The van der Waals surface area contributed by atoms with E-state index < -0.39 is 0 Å². The highest BCUT2D eigenvalue weighted by molar-refractivity contribution is 6.31. The van der Waals surface area contributed by atoms with Crippen molar-refractivity contribution in [1.82, 2.24) is 15.5 Å². The Hall–Kier alpha value is -1.39. The second-order valence-corrected chi connectivity index (χ2v) is 4.23. The topological polar surface area (TPSA) is 51.0 Å². The number of benzene rings is 1. The first-order chi connectivity index (χ1) is 8.20. The molecule has 1 aromatic carbocycles. The van der Waals surface area contributed by atoms with Gasteiger partial charge in [-0.3, -0.25) is 0 Å². The summed E-state index contributed by atoms with van der Waals surface area (Å²) in [6.07, 6.45) is 0.725. The van der Waals surface area contributed by atoms with E-state index in [0.29, 0.717) is 16.8 Å². The van der Waals surface area contributed by atoms with E-state index in [1.165, 1.54) is 0 Å². The fraction of sp³-hybridized carbons (Fsp3) is 0.333. The van der Waals surface area contributed by atoms with Crippen LogP contribution in [-0.2, 0) is 6.42 Å². The van der Waals surface area contributed by atoms with Gasteiger partial charge in [0.25, 0.3) is 0 Å². The molecule has 0 saturated carbocycles. The highest BCUT2D eigenvalue weighted by Crippen LogP contribution is 2.24. The number of likely N-dealkylation sites (N-methyl/N-ethyl adjacent to an activating group) is 1. The molecule has 0 amide bonds. The zero-order valence-electron chi connectivity index (χ0n) is 9.83. The summed E-state index contributed by atoms with van der Waals surface area (Å²) in [5.74, 6) is 1.14. The minimum absolute atomic E-state index is 0.512. The number of rotatable bonds is 4. The fourth-order valence-electron chi connectivity index (χ4n) is 1.43. The molecule has 0 radical (unpaired) electrons. The largest absolute Gasteiger partial charge is 0.421 e. The molecule has 0 aliphatic rings. The quantitative estimate of drug-likeness (QED) is 0.907. The van der Waals surface area contributed by atoms with Gasteiger partial charge in [0.1, 0.15) is 0 Å². The van der Waals surface area contributed by atoms with E-state index in [1.54, 1.807) is 0 Å². The van der Waals surface area contributed by atoms with Crippen LogP contribution in [0, 0.1) is 6.92 Å². The van der Waals surface area contributed by atoms with Gasteiger partial charge in [-0.25, -0.2) is 0 Å². The maximum absolute atomic E-state index is 6.05. The minimum atomic E-state index is 0.512. The number of aryl methyl sites for hydroxylation is 1. The van der Waals surface area contributed by atoms with Crippen LogP contribution >= 0.6 is 11.6 Å². The van der Waals surface area contributed by atoms with Crippen molar-refractivity contribution in [3.05, 3.63) is 34.7 Å². The van der Waals surface area contributed by atoms with Gasteiger partial charge in [0, 0.05) is 23.6 Å². The van der Waals surface area contributed by atoms with Crippen LogP contribution in [0.4, 0.5) is 0 Å². The van der Waals surface area contributed by atoms with Gasteiger partial charge in [-0.15, -0.1) is 10.2 Å². The van der Waals surface area contributed by atoms with Crippen LogP contribution < -0.4 is 5.32 Å². The van der Waals surface area contributed by atoms with Crippen LogP contribution in [-0.4, -0.2) is 23.8 Å². The molecule has 0 unspecified atom stereocenters. The van der Waals surface area contributed by atoms with Crippen molar-refractivity contribution in [3.8, 4) is 11.5 Å². The van der Waals surface area contributed by atoms with Gasteiger partial charge in [0.2, 0.25) is 11.8 Å². The Labute approximate surface area is 105 Å². The van der Waals surface area contributed by atoms with E-state index in [1.807, 2.05) is 32.2 Å². The number of hydrogen-bond acceptors (Lipinski definition) is 4. The smallest absolute Gasteiger partial charge is 0.247 e. The van der Waals surface area contributed by atoms with Gasteiger partial charge in [-0.2, -0.15) is 0 Å². The summed E-state index contributed by atoms with van der Waals surface area (Å²) in [5.41, 5.74) is 1.88. The van der Waals surface area contributed by atoms with Crippen molar-refractivity contribution >= 4 is 11.6 Å². The van der Waals surface area contributed by atoms with Gasteiger partial charge in [0.05, 0.1) is 0 Å². The van der Waals surface area contributed by atoms with Crippen LogP contribution in [0.2, 0.25) is 5.02 Å². The van der Waals surface area contributed by atoms with Gasteiger partial charge in [-0.05, 0) is 31.7 Å². The standard InChI is InChI=1S/C12H14ClN3O/c1-8-3-4-9(7-10(8)13)12-16-15-11(17-12)5-6-14-2/h3-4,7,14H,5-6H2,1-2H3. The predicted molar refractivity (Wildman–Crippen MR) is 67.1 cm³/mol. The summed E-state index contributed by atoms with van der Waals surface area (Å²) in [7, 11) is 1.89. The maximum atomic E-state index is 6.05. The number of halogens is 1. The van der Waals surface area contributed by atoms with E-state index >= 15 is 0 Å². The molecule has 0 spiro atoms. The Kier molecular flexibility index (Phi) is 3.76. The van der Waals surface area contributed by atoms with E-state index in [0.717, 1.165) is 24.1 Å². The van der Waals surface area contributed by atoms with Crippen molar-refractivity contribution in [3.63, 3.8) is 0 Å². The van der Waals surface area contributed by atoms with Crippen LogP contribution in [0.3, 0.4) is 0 Å². The highest BCUT2D eigenvalue weighted by atomic mass is 35.5. The Morgan fingerprint density at radius 1 is 1.35 bits per heavy atom. The summed E-state index contributed by atoms with van der Waals surface area (Å²) in [4.78, 5) is 0. The molecule has 1 N–H and O–H groups in total. The van der Waals surface area contributed by atoms with Gasteiger partial charge < -0.3 is 9.73 Å². The number of nitrogens with one attached hydrogen (secondary N) is 1. The molecule has 2 aromatic rings. The van der Waals surface area contributed by atoms with Crippen LogP contribution in [0.1, 0.15) is 11.5 Å². The Bertz CT molecular complexity index is 510. The number of nitrogens with zero attached hydrogens (tertiary/aromatic N) is 2. The third-order valence-electron chi connectivity index (χ3n) is 2.47. The SMILES string of the molecule is CNCCc1nnc(-c2ccc(C)c(Cl)c2)o1. The molecular weight excluding hydrogens is 238 g/mol. The summed E-state index contributed by atoms with van der Waals surface area (Å²) in [6, 6.07) is 5.71. The highest BCUT2D eigenvalue weighted by Gasteiger charge is 2.09. The first-order valence-corrected chi connectivity index (χ1v) is 5.82. The lowest BCUT2D eigenvalue weighted by molar-refractivity contribution is 0.500. The molecule has 0 atom stereocenters. The fourth-order valence-corrected chi connectivity index (χ4v) is 1.61. The molecule has 1 heterocycles. The third kappa shape index (κ3) is 2.84. The zero-order chi connectivity index (χ0) is 12.3. The Morgan fingerprint density at radius 2 is 2.18 bits per heavy atom. The molecule has 5 heteroatoms. The summed E-state index contributed by atoms with van der Waals surface area (Å²) in [5, 5.41) is 11.7. The van der Waals surface area contributed by atoms with Crippen molar-refractivity contribution < 1.29 is 4.42 Å². The van der Waals surface area contributed by atoms with Crippen molar-refractivity contribution in [2.45, 2.75) is 13.3 Å².